The maximum atomic E-state index is 13.7. The van der Waals surface area contributed by atoms with E-state index in [1.54, 1.807) is 33.3 Å². The number of H-pyrrole nitrogens is 1. The van der Waals surface area contributed by atoms with Gasteiger partial charge in [-0.3, -0.25) is 9.59 Å². The Balaban J connectivity index is 1.34. The van der Waals surface area contributed by atoms with E-state index in [9.17, 15) is 14.4 Å². The fraction of sp³-hybridized carbons (Fsp3) is 0.296. The average molecular weight is 518 g/mol. The Morgan fingerprint density at radius 2 is 1.92 bits per heavy atom. The van der Waals surface area contributed by atoms with Crippen LogP contribution in [0.3, 0.4) is 0 Å². The number of carbonyl (C=O) groups excluding carboxylic acids is 3. The van der Waals surface area contributed by atoms with Gasteiger partial charge in [-0.15, -0.1) is 11.3 Å². The number of ether oxygens (including phenoxy) is 1. The first kappa shape index (κ1) is 23.5. The maximum Gasteiger partial charge on any atom is 0.415 e. The number of aryl methyl sites for hydroxylation is 1. The molecule has 2 aliphatic rings. The molecule has 1 fully saturated rings. The number of aromatic amines is 1. The van der Waals surface area contributed by atoms with E-state index in [-0.39, 0.29) is 12.0 Å². The highest BCUT2D eigenvalue weighted by atomic mass is 32.1. The summed E-state index contributed by atoms with van der Waals surface area (Å²) >= 11 is 1.57. The molecule has 9 nitrogen and oxygen atoms in total. The molecule has 2 aliphatic heterocycles. The van der Waals surface area contributed by atoms with Crippen molar-refractivity contribution in [1.29, 1.82) is 0 Å². The van der Waals surface area contributed by atoms with Gasteiger partial charge in [-0.1, -0.05) is 0 Å². The van der Waals surface area contributed by atoms with E-state index in [4.69, 9.17) is 4.74 Å². The van der Waals surface area contributed by atoms with Crippen molar-refractivity contribution < 1.29 is 19.1 Å². The van der Waals surface area contributed by atoms with E-state index < -0.39 is 0 Å². The van der Waals surface area contributed by atoms with E-state index in [0.29, 0.717) is 43.2 Å². The van der Waals surface area contributed by atoms with Crippen molar-refractivity contribution in [2.24, 2.45) is 0 Å². The Hall–Kier alpha value is -3.89. The van der Waals surface area contributed by atoms with Gasteiger partial charge in [0.15, 0.2) is 5.75 Å². The third kappa shape index (κ3) is 4.11. The van der Waals surface area contributed by atoms with Crippen molar-refractivity contribution in [1.82, 2.24) is 14.8 Å². The van der Waals surface area contributed by atoms with E-state index in [1.165, 1.54) is 0 Å². The molecule has 6 rings (SSSR count). The van der Waals surface area contributed by atoms with E-state index >= 15 is 0 Å². The van der Waals surface area contributed by atoms with E-state index in [2.05, 4.69) is 27.5 Å². The summed E-state index contributed by atoms with van der Waals surface area (Å²) in [5, 5.41) is 6.62. The molecule has 4 aromatic rings. The first-order valence-corrected chi connectivity index (χ1v) is 13.1. The fourth-order valence-corrected chi connectivity index (χ4v) is 6.26. The number of nitrogens with one attached hydrogen (secondary N) is 2. The van der Waals surface area contributed by atoms with Gasteiger partial charge in [0.05, 0.1) is 10.4 Å². The van der Waals surface area contributed by atoms with Gasteiger partial charge in [-0.05, 0) is 61.2 Å². The minimum Gasteiger partial charge on any atom is -0.409 e. The molecule has 0 saturated carbocycles. The number of rotatable bonds is 4. The van der Waals surface area contributed by atoms with Gasteiger partial charge in [-0.2, -0.15) is 0 Å². The predicted octanol–water partition coefficient (Wildman–Crippen LogP) is 4.21. The molecule has 2 aromatic carbocycles. The SMILES string of the molecule is Cc1csc2c(OC(=O)N3CCN(C)CC3)cc3c(c12)CCN3C(=O)c1cc2cc(NC=O)ccc2[nH]1. The lowest BCUT2D eigenvalue weighted by atomic mass is 10.0. The van der Waals surface area contributed by atoms with Crippen LogP contribution in [0.4, 0.5) is 16.2 Å². The summed E-state index contributed by atoms with van der Waals surface area (Å²) in [4.78, 5) is 46.4. The highest BCUT2D eigenvalue weighted by Crippen LogP contribution is 2.45. The Morgan fingerprint density at radius 1 is 1.11 bits per heavy atom. The van der Waals surface area contributed by atoms with Gasteiger partial charge < -0.3 is 29.7 Å². The van der Waals surface area contributed by atoms with Crippen LogP contribution in [0.2, 0.25) is 0 Å². The second-order valence-corrected chi connectivity index (χ2v) is 10.5. The third-order valence-electron chi connectivity index (χ3n) is 7.23. The highest BCUT2D eigenvalue weighted by Gasteiger charge is 2.31. The first-order chi connectivity index (χ1) is 17.9. The molecule has 10 heteroatoms. The van der Waals surface area contributed by atoms with E-state index in [1.807, 2.05) is 25.2 Å². The topological polar surface area (TPSA) is 98.0 Å². The van der Waals surface area contributed by atoms with Gasteiger partial charge in [0.25, 0.3) is 5.91 Å². The molecular weight excluding hydrogens is 490 g/mol. The number of amides is 3. The Kier molecular flexibility index (Phi) is 5.85. The van der Waals surface area contributed by atoms with Crippen molar-refractivity contribution >= 4 is 62.1 Å². The summed E-state index contributed by atoms with van der Waals surface area (Å²) in [5.74, 6) is 0.347. The van der Waals surface area contributed by atoms with Crippen molar-refractivity contribution in [3.05, 3.63) is 52.5 Å². The van der Waals surface area contributed by atoms with Gasteiger partial charge in [0.1, 0.15) is 5.69 Å². The number of aromatic nitrogens is 1. The molecule has 3 amide bonds. The number of hydrogen-bond acceptors (Lipinski definition) is 6. The predicted molar refractivity (Wildman–Crippen MR) is 145 cm³/mol. The molecule has 0 aliphatic carbocycles. The van der Waals surface area contributed by atoms with Crippen LogP contribution in [-0.2, 0) is 11.2 Å². The molecule has 37 heavy (non-hydrogen) atoms. The summed E-state index contributed by atoms with van der Waals surface area (Å²) in [5.41, 5.74) is 4.93. The van der Waals surface area contributed by atoms with Crippen LogP contribution < -0.4 is 15.0 Å². The highest BCUT2D eigenvalue weighted by molar-refractivity contribution is 7.17. The Morgan fingerprint density at radius 3 is 2.70 bits per heavy atom. The summed E-state index contributed by atoms with van der Waals surface area (Å²) in [6.07, 6.45) is 1.00. The molecule has 2 N–H and O–H groups in total. The second-order valence-electron chi connectivity index (χ2n) is 9.61. The maximum absolute atomic E-state index is 13.7. The number of likely N-dealkylation sites (N-methyl/N-ethyl adjacent to an activating group) is 1. The molecule has 4 heterocycles. The number of carbonyl (C=O) groups is 3. The smallest absolute Gasteiger partial charge is 0.409 e. The molecule has 0 atom stereocenters. The Bertz CT molecular complexity index is 1550. The van der Waals surface area contributed by atoms with Crippen LogP contribution in [0.5, 0.6) is 5.75 Å². The standard InChI is InChI=1S/C27H27N5O4S/c1-16-14-37-25-23(36-27(35)31-9-7-30(2)8-10-31)13-22-19(24(16)25)5-6-32(22)26(34)21-12-17-11-18(28-15-33)3-4-20(17)29-21/h3-4,11-15,29H,5-10H2,1-2H3,(H,28,33). The first-order valence-electron chi connectivity index (χ1n) is 12.3. The number of piperazine rings is 1. The zero-order chi connectivity index (χ0) is 25.7. The Labute approximate surface area is 217 Å². The number of fused-ring (bicyclic) bond motifs is 4. The third-order valence-corrected chi connectivity index (χ3v) is 8.35. The zero-order valence-electron chi connectivity index (χ0n) is 20.7. The molecule has 0 unspecified atom stereocenters. The number of thiophene rings is 1. The molecule has 0 spiro atoms. The molecule has 190 valence electrons. The summed E-state index contributed by atoms with van der Waals surface area (Å²) < 4.78 is 6.90. The normalized spacial score (nSPS) is 15.8. The monoisotopic (exact) mass is 517 g/mol. The molecule has 1 saturated heterocycles. The number of nitrogens with zero attached hydrogens (tertiary/aromatic N) is 3. The summed E-state index contributed by atoms with van der Waals surface area (Å²) in [7, 11) is 2.04. The fourth-order valence-electron chi connectivity index (χ4n) is 5.23. The van der Waals surface area contributed by atoms with Gasteiger partial charge >= 0.3 is 6.09 Å². The van der Waals surface area contributed by atoms with Crippen molar-refractivity contribution in [3.63, 3.8) is 0 Å². The zero-order valence-corrected chi connectivity index (χ0v) is 21.5. The average Bonchev–Trinajstić information content (AvgIpc) is 3.60. The summed E-state index contributed by atoms with van der Waals surface area (Å²) in [6.45, 7) is 5.47. The molecule has 0 bridgehead atoms. The minimum atomic E-state index is -0.355. The lowest BCUT2D eigenvalue weighted by Gasteiger charge is -2.31. The lowest BCUT2D eigenvalue weighted by molar-refractivity contribution is -0.105. The van der Waals surface area contributed by atoms with Crippen LogP contribution in [0, 0.1) is 6.92 Å². The van der Waals surface area contributed by atoms with Crippen LogP contribution in [0.25, 0.3) is 21.0 Å². The molecular formula is C27H27N5O4S. The van der Waals surface area contributed by atoms with Crippen LogP contribution in [0.1, 0.15) is 21.6 Å². The second kappa shape index (κ2) is 9.20. The lowest BCUT2D eigenvalue weighted by Crippen LogP contribution is -2.48. The summed E-state index contributed by atoms with van der Waals surface area (Å²) in [6, 6.07) is 9.09. The van der Waals surface area contributed by atoms with Gasteiger partial charge in [0, 0.05) is 60.8 Å². The molecule has 2 aromatic heterocycles. The van der Waals surface area contributed by atoms with E-state index in [0.717, 1.165) is 57.3 Å². The van der Waals surface area contributed by atoms with Gasteiger partial charge in [-0.25, -0.2) is 4.79 Å². The van der Waals surface area contributed by atoms with Crippen molar-refractivity contribution in [3.8, 4) is 5.75 Å². The van der Waals surface area contributed by atoms with Crippen molar-refractivity contribution in [2.45, 2.75) is 13.3 Å². The van der Waals surface area contributed by atoms with Crippen molar-refractivity contribution in [2.75, 3.05) is 50.0 Å². The van der Waals surface area contributed by atoms with Gasteiger partial charge in [0.2, 0.25) is 6.41 Å². The quantitative estimate of drug-likeness (QED) is 0.395. The number of hydrogen-bond donors (Lipinski definition) is 2. The molecule has 0 radical (unpaired) electrons. The minimum absolute atomic E-state index is 0.150. The van der Waals surface area contributed by atoms with Crippen LogP contribution in [-0.4, -0.2) is 73.0 Å². The van der Waals surface area contributed by atoms with Crippen LogP contribution >= 0.6 is 11.3 Å². The van der Waals surface area contributed by atoms with Crippen LogP contribution in [0.15, 0.2) is 35.7 Å². The number of anilines is 2. The largest absolute Gasteiger partial charge is 0.415 e. The number of benzene rings is 2.